The summed E-state index contributed by atoms with van der Waals surface area (Å²) in [5.74, 6) is 0. The molecule has 1 rings (SSSR count). The van der Waals surface area contributed by atoms with Crippen LogP contribution < -0.4 is 0 Å². The van der Waals surface area contributed by atoms with Gasteiger partial charge in [0.2, 0.25) is 0 Å². The zero-order chi connectivity index (χ0) is 8.48. The summed E-state index contributed by atoms with van der Waals surface area (Å²) in [4.78, 5) is 0.959. The van der Waals surface area contributed by atoms with Crippen LogP contribution in [0.1, 0.15) is 4.88 Å². The minimum atomic E-state index is -3.46. The number of aryl methyl sites for hydroxylation is 1. The highest BCUT2D eigenvalue weighted by atomic mass is 32.3. The van der Waals surface area contributed by atoms with Gasteiger partial charge in [-0.15, -0.1) is 11.3 Å². The first-order valence-corrected chi connectivity index (χ1v) is 5.16. The maximum Gasteiger partial charge on any atom is 0.306 e. The van der Waals surface area contributed by atoms with Gasteiger partial charge in [0.25, 0.3) is 0 Å². The molecule has 0 saturated carbocycles. The molecule has 5 heteroatoms. The topological polar surface area (TPSA) is 43.4 Å². The second-order valence-corrected chi connectivity index (χ2v) is 5.21. The Balaban J connectivity index is 3.13. The molecule has 11 heavy (non-hydrogen) atoms. The van der Waals surface area contributed by atoms with Crippen molar-refractivity contribution in [2.75, 3.05) is 7.11 Å². The molecule has 62 valence electrons. The summed E-state index contributed by atoms with van der Waals surface area (Å²) in [5.41, 5.74) is 0. The van der Waals surface area contributed by atoms with E-state index in [0.717, 1.165) is 12.0 Å². The van der Waals surface area contributed by atoms with Gasteiger partial charge >= 0.3 is 10.1 Å². The van der Waals surface area contributed by atoms with Gasteiger partial charge in [0.15, 0.2) is 0 Å². The average molecular weight is 192 g/mol. The molecule has 0 amide bonds. The highest BCUT2D eigenvalue weighted by Gasteiger charge is 2.14. The van der Waals surface area contributed by atoms with Gasteiger partial charge in [0, 0.05) is 4.88 Å². The maximum absolute atomic E-state index is 11.0. The van der Waals surface area contributed by atoms with Gasteiger partial charge < -0.3 is 0 Å². The van der Waals surface area contributed by atoms with Gasteiger partial charge in [-0.2, -0.15) is 8.42 Å². The van der Waals surface area contributed by atoms with Crippen LogP contribution in [0, 0.1) is 6.92 Å². The number of rotatable bonds is 2. The Hall–Kier alpha value is -0.390. The molecule has 0 bridgehead atoms. The fourth-order valence-electron chi connectivity index (χ4n) is 0.629. The Bertz CT molecular complexity index is 336. The largest absolute Gasteiger partial charge is 0.306 e. The van der Waals surface area contributed by atoms with Crippen molar-refractivity contribution in [3.05, 3.63) is 17.0 Å². The lowest BCUT2D eigenvalue weighted by Gasteiger charge is -1.94. The van der Waals surface area contributed by atoms with E-state index in [1.54, 1.807) is 12.1 Å². The van der Waals surface area contributed by atoms with Gasteiger partial charge in [0.1, 0.15) is 4.21 Å². The van der Waals surface area contributed by atoms with E-state index in [9.17, 15) is 8.42 Å². The molecule has 0 spiro atoms. The average Bonchev–Trinajstić information content (AvgIpc) is 2.36. The minimum absolute atomic E-state index is 0.262. The Morgan fingerprint density at radius 1 is 1.45 bits per heavy atom. The van der Waals surface area contributed by atoms with E-state index in [1.807, 2.05) is 6.92 Å². The molecule has 1 heterocycles. The molecule has 0 aliphatic heterocycles. The van der Waals surface area contributed by atoms with E-state index in [-0.39, 0.29) is 4.21 Å². The molecule has 0 aliphatic rings. The summed E-state index contributed by atoms with van der Waals surface area (Å²) >= 11 is 1.21. The van der Waals surface area contributed by atoms with E-state index in [1.165, 1.54) is 11.3 Å². The smallest absolute Gasteiger partial charge is 0.269 e. The Labute approximate surface area is 69.7 Å². The molecule has 0 atom stereocenters. The predicted molar refractivity (Wildman–Crippen MR) is 43.3 cm³/mol. The molecule has 0 fully saturated rings. The predicted octanol–water partition coefficient (Wildman–Crippen LogP) is 1.39. The molecule has 3 nitrogen and oxygen atoms in total. The Morgan fingerprint density at radius 2 is 2.09 bits per heavy atom. The zero-order valence-corrected chi connectivity index (χ0v) is 7.83. The van der Waals surface area contributed by atoms with Gasteiger partial charge in [0.05, 0.1) is 7.11 Å². The second kappa shape index (κ2) is 2.92. The molecule has 0 N–H and O–H groups in total. The summed E-state index contributed by atoms with van der Waals surface area (Å²) in [7, 11) is -2.30. The van der Waals surface area contributed by atoms with Crippen LogP contribution >= 0.6 is 11.3 Å². The van der Waals surface area contributed by atoms with Crippen LogP contribution in [0.5, 0.6) is 0 Å². The zero-order valence-electron chi connectivity index (χ0n) is 6.20. The maximum atomic E-state index is 11.0. The van der Waals surface area contributed by atoms with Crippen molar-refractivity contribution in [3.63, 3.8) is 0 Å². The van der Waals surface area contributed by atoms with Crippen molar-refractivity contribution in [2.45, 2.75) is 11.1 Å². The molecule has 0 unspecified atom stereocenters. The molecule has 1 aromatic heterocycles. The molecular weight excluding hydrogens is 184 g/mol. The lowest BCUT2D eigenvalue weighted by Crippen LogP contribution is -1.99. The minimum Gasteiger partial charge on any atom is -0.269 e. The molecule has 0 saturated heterocycles. The third kappa shape index (κ3) is 1.79. The summed E-state index contributed by atoms with van der Waals surface area (Å²) < 4.78 is 26.6. The van der Waals surface area contributed by atoms with Crippen LogP contribution in [0.3, 0.4) is 0 Å². The van der Waals surface area contributed by atoms with Crippen LogP contribution in [-0.4, -0.2) is 15.5 Å². The third-order valence-electron chi connectivity index (χ3n) is 1.18. The van der Waals surface area contributed by atoms with Crippen LogP contribution in [0.2, 0.25) is 0 Å². The van der Waals surface area contributed by atoms with E-state index in [2.05, 4.69) is 4.18 Å². The highest BCUT2D eigenvalue weighted by molar-refractivity contribution is 7.89. The van der Waals surface area contributed by atoms with E-state index < -0.39 is 10.1 Å². The van der Waals surface area contributed by atoms with Crippen molar-refractivity contribution in [1.82, 2.24) is 0 Å². The van der Waals surface area contributed by atoms with Gasteiger partial charge in [-0.3, -0.25) is 4.18 Å². The first-order chi connectivity index (χ1) is 5.06. The van der Waals surface area contributed by atoms with Crippen molar-refractivity contribution in [2.24, 2.45) is 0 Å². The van der Waals surface area contributed by atoms with Gasteiger partial charge in [-0.1, -0.05) is 0 Å². The molecule has 0 radical (unpaired) electrons. The van der Waals surface area contributed by atoms with Crippen molar-refractivity contribution >= 4 is 21.5 Å². The SMILES string of the molecule is COS(=O)(=O)c1ccc(C)s1. The standard InChI is InChI=1S/C6H8O3S2/c1-5-3-4-6(10-5)11(7,8)9-2/h3-4H,1-2H3. The van der Waals surface area contributed by atoms with E-state index in [4.69, 9.17) is 0 Å². The number of hydrogen-bond acceptors (Lipinski definition) is 4. The summed E-state index contributed by atoms with van der Waals surface area (Å²) in [5, 5.41) is 0. The fourth-order valence-corrected chi connectivity index (χ4v) is 2.62. The second-order valence-electron chi connectivity index (χ2n) is 1.99. The monoisotopic (exact) mass is 192 g/mol. The molecule has 0 aromatic carbocycles. The van der Waals surface area contributed by atoms with E-state index >= 15 is 0 Å². The number of thiophene rings is 1. The summed E-state index contributed by atoms with van der Waals surface area (Å²) in [6, 6.07) is 3.29. The summed E-state index contributed by atoms with van der Waals surface area (Å²) in [6.07, 6.45) is 0. The quantitative estimate of drug-likeness (QED) is 0.665. The van der Waals surface area contributed by atoms with Crippen LogP contribution in [0.15, 0.2) is 16.3 Å². The van der Waals surface area contributed by atoms with Crippen molar-refractivity contribution in [1.29, 1.82) is 0 Å². The van der Waals surface area contributed by atoms with Crippen LogP contribution in [0.25, 0.3) is 0 Å². The lowest BCUT2D eigenvalue weighted by molar-refractivity contribution is 0.399. The molecule has 1 aromatic rings. The Morgan fingerprint density at radius 3 is 2.45 bits per heavy atom. The van der Waals surface area contributed by atoms with Crippen molar-refractivity contribution in [3.8, 4) is 0 Å². The van der Waals surface area contributed by atoms with Gasteiger partial charge in [-0.25, -0.2) is 0 Å². The first kappa shape index (κ1) is 8.70. The van der Waals surface area contributed by atoms with Crippen molar-refractivity contribution < 1.29 is 12.6 Å². The van der Waals surface area contributed by atoms with Crippen LogP contribution in [0.4, 0.5) is 0 Å². The summed E-state index contributed by atoms with van der Waals surface area (Å²) in [6.45, 7) is 1.85. The first-order valence-electron chi connectivity index (χ1n) is 2.93. The number of hydrogen-bond donors (Lipinski definition) is 0. The highest BCUT2D eigenvalue weighted by Crippen LogP contribution is 2.21. The Kier molecular flexibility index (Phi) is 2.31. The third-order valence-corrected chi connectivity index (χ3v) is 3.91. The van der Waals surface area contributed by atoms with Gasteiger partial charge in [-0.05, 0) is 19.1 Å². The molecular formula is C6H8O3S2. The van der Waals surface area contributed by atoms with Crippen LogP contribution in [-0.2, 0) is 14.3 Å². The fraction of sp³-hybridized carbons (Fsp3) is 0.333. The molecule has 0 aliphatic carbocycles. The normalized spacial score (nSPS) is 11.8. The lowest BCUT2D eigenvalue weighted by atomic mass is 10.5. The van der Waals surface area contributed by atoms with E-state index in [0.29, 0.717) is 0 Å².